The van der Waals surface area contributed by atoms with Crippen LogP contribution >= 0.6 is 11.6 Å². The predicted octanol–water partition coefficient (Wildman–Crippen LogP) is 5.16. The molecule has 0 spiro atoms. The van der Waals surface area contributed by atoms with Gasteiger partial charge in [-0.05, 0) is 18.9 Å². The summed E-state index contributed by atoms with van der Waals surface area (Å²) in [5.74, 6) is -0.618. The molecule has 7 heteroatoms. The Hall–Kier alpha value is -0.880. The van der Waals surface area contributed by atoms with E-state index in [0.29, 0.717) is 11.3 Å². The third-order valence-electron chi connectivity index (χ3n) is 2.91. The topological polar surface area (TPSA) is 22.1 Å². The van der Waals surface area contributed by atoms with Crippen LogP contribution in [0.25, 0.3) is 0 Å². The number of alkyl halides is 4. The minimum absolute atomic E-state index is 0.0105. The van der Waals surface area contributed by atoms with E-state index in [1.807, 2.05) is 0 Å². The molecule has 1 aromatic heterocycles. The molecule has 0 N–H and O–H groups in total. The first kappa shape index (κ1) is 18.2. The van der Waals surface area contributed by atoms with Gasteiger partial charge in [-0.25, -0.2) is 4.39 Å². The van der Waals surface area contributed by atoms with E-state index in [-0.39, 0.29) is 24.6 Å². The van der Waals surface area contributed by atoms with Gasteiger partial charge >= 0.3 is 6.36 Å². The summed E-state index contributed by atoms with van der Waals surface area (Å²) >= 11 is 5.54. The normalized spacial score (nSPS) is 21.3. The number of nitrogens with zero attached hydrogens (tertiary/aromatic N) is 1. The lowest BCUT2D eigenvalue weighted by atomic mass is 9.79. The third-order valence-corrected chi connectivity index (χ3v) is 3.20. The van der Waals surface area contributed by atoms with Gasteiger partial charge in [-0.15, -0.1) is 24.8 Å². The number of ether oxygens (including phenoxy) is 1. The highest BCUT2D eigenvalue weighted by Gasteiger charge is 2.41. The van der Waals surface area contributed by atoms with E-state index >= 15 is 0 Å². The van der Waals surface area contributed by atoms with Crippen molar-refractivity contribution in [3.63, 3.8) is 0 Å². The Morgan fingerprint density at radius 1 is 1.33 bits per heavy atom. The summed E-state index contributed by atoms with van der Waals surface area (Å²) in [6.45, 7) is 4.25. The minimum Gasteiger partial charge on any atom is -0.289 e. The Morgan fingerprint density at radius 3 is 2.38 bits per heavy atom. The Morgan fingerprint density at radius 2 is 1.90 bits per heavy atom. The van der Waals surface area contributed by atoms with Crippen molar-refractivity contribution in [3.05, 3.63) is 29.3 Å². The van der Waals surface area contributed by atoms with E-state index in [1.165, 1.54) is 12.5 Å². The summed E-state index contributed by atoms with van der Waals surface area (Å²) in [6.07, 6.45) is -2.67. The average Bonchev–Trinajstić information content (AvgIpc) is 2.34. The summed E-state index contributed by atoms with van der Waals surface area (Å²) in [4.78, 5) is 3.87. The molecule has 0 aromatic carbocycles. The number of pyridine rings is 1. The Kier molecular flexibility index (Phi) is 6.87. The minimum atomic E-state index is -4.60. The summed E-state index contributed by atoms with van der Waals surface area (Å²) in [7, 11) is 0. The lowest BCUT2D eigenvalue weighted by molar-refractivity contribution is -0.351. The van der Waals surface area contributed by atoms with Gasteiger partial charge < -0.3 is 0 Å². The number of rotatable bonds is 3. The first-order valence-corrected chi connectivity index (χ1v) is 7.28. The first-order chi connectivity index (χ1) is 9.80. The number of hydrogen-bond acceptors (Lipinski definition) is 2. The smallest absolute Gasteiger partial charge is 0.289 e. The highest BCUT2D eigenvalue weighted by Crippen LogP contribution is 2.40. The molecule has 1 heterocycles. The third kappa shape index (κ3) is 5.79. The van der Waals surface area contributed by atoms with Crippen LogP contribution in [0.4, 0.5) is 17.6 Å². The van der Waals surface area contributed by atoms with E-state index in [4.69, 9.17) is 11.6 Å². The van der Waals surface area contributed by atoms with Crippen LogP contribution in [0.1, 0.15) is 50.3 Å². The summed E-state index contributed by atoms with van der Waals surface area (Å²) in [5.41, 5.74) is 0.871. The highest BCUT2D eigenvalue weighted by atomic mass is 35.5. The number of hydrogen-bond donors (Lipinski definition) is 0. The van der Waals surface area contributed by atoms with Gasteiger partial charge in [0.2, 0.25) is 0 Å². The van der Waals surface area contributed by atoms with Gasteiger partial charge in [0.25, 0.3) is 0 Å². The molecule has 1 aromatic rings. The van der Waals surface area contributed by atoms with Gasteiger partial charge in [-0.2, -0.15) is 0 Å². The van der Waals surface area contributed by atoms with Crippen LogP contribution in [-0.4, -0.2) is 17.5 Å². The molecular weight excluding hydrogens is 310 g/mol. The van der Waals surface area contributed by atoms with Crippen LogP contribution in [0.15, 0.2) is 12.3 Å². The molecule has 0 atom stereocenters. The molecule has 1 aliphatic rings. The van der Waals surface area contributed by atoms with Crippen molar-refractivity contribution in [2.24, 2.45) is 0 Å². The largest absolute Gasteiger partial charge is 0.522 e. The first-order valence-electron chi connectivity index (χ1n) is 6.75. The number of halogens is 5. The maximum Gasteiger partial charge on any atom is 0.522 e. The second-order valence-electron chi connectivity index (χ2n) is 4.90. The monoisotopic (exact) mass is 327 g/mol. The maximum atomic E-state index is 13.1. The molecule has 21 heavy (non-hydrogen) atoms. The standard InChI is InChI=1S/C11H10ClF4NO.C3H8/c12-4-7-3-10(17-5-9(7)13)6-1-8(2-6)18-11(14,15)16;1-3-2/h3,5-6,8H,1-2,4H2;3H2,1-2H3. The highest BCUT2D eigenvalue weighted by molar-refractivity contribution is 6.17. The molecule has 2 nitrogen and oxygen atoms in total. The second kappa shape index (κ2) is 7.94. The van der Waals surface area contributed by atoms with Gasteiger partial charge in [0, 0.05) is 17.2 Å². The molecule has 0 bridgehead atoms. The van der Waals surface area contributed by atoms with Crippen molar-refractivity contribution < 1.29 is 22.3 Å². The zero-order valence-corrected chi connectivity index (χ0v) is 12.6. The fourth-order valence-corrected chi connectivity index (χ4v) is 2.12. The molecule has 2 rings (SSSR count). The van der Waals surface area contributed by atoms with Gasteiger partial charge in [0.05, 0.1) is 18.2 Å². The van der Waals surface area contributed by atoms with Crippen LogP contribution in [0.5, 0.6) is 0 Å². The van der Waals surface area contributed by atoms with Crippen molar-refractivity contribution >= 4 is 11.6 Å². The van der Waals surface area contributed by atoms with Crippen molar-refractivity contribution in [2.75, 3.05) is 0 Å². The molecular formula is C14H18ClF4NO. The van der Waals surface area contributed by atoms with E-state index in [9.17, 15) is 17.6 Å². The summed E-state index contributed by atoms with van der Waals surface area (Å²) in [6, 6.07) is 1.50. The second-order valence-corrected chi connectivity index (χ2v) is 5.16. The van der Waals surface area contributed by atoms with Crippen LogP contribution in [0, 0.1) is 5.82 Å². The van der Waals surface area contributed by atoms with E-state index < -0.39 is 18.3 Å². The van der Waals surface area contributed by atoms with E-state index in [1.54, 1.807) is 0 Å². The van der Waals surface area contributed by atoms with Gasteiger partial charge in [-0.1, -0.05) is 20.3 Å². The lowest BCUT2D eigenvalue weighted by Gasteiger charge is -2.35. The van der Waals surface area contributed by atoms with Crippen molar-refractivity contribution in [2.45, 2.75) is 57.4 Å². The van der Waals surface area contributed by atoms with E-state index in [0.717, 1.165) is 6.20 Å². The van der Waals surface area contributed by atoms with E-state index in [2.05, 4.69) is 23.6 Å². The fraction of sp³-hybridized carbons (Fsp3) is 0.643. The molecule has 120 valence electrons. The summed E-state index contributed by atoms with van der Waals surface area (Å²) < 4.78 is 52.8. The Balaban J connectivity index is 0.000000677. The fourth-order valence-electron chi connectivity index (χ4n) is 1.92. The zero-order valence-electron chi connectivity index (χ0n) is 11.9. The molecule has 0 unspecified atom stereocenters. The quantitative estimate of drug-likeness (QED) is 0.565. The predicted molar refractivity (Wildman–Crippen MR) is 72.6 cm³/mol. The van der Waals surface area contributed by atoms with Crippen molar-refractivity contribution in [1.82, 2.24) is 4.98 Å². The Bertz CT molecular complexity index is 447. The SMILES string of the molecule is CCC.Fc1cnc(C2CC(OC(F)(F)F)C2)cc1CCl. The zero-order chi connectivity index (χ0) is 16.0. The lowest BCUT2D eigenvalue weighted by Crippen LogP contribution is -2.35. The summed E-state index contributed by atoms with van der Waals surface area (Å²) in [5, 5.41) is 0. The van der Waals surface area contributed by atoms with Crippen LogP contribution < -0.4 is 0 Å². The maximum absolute atomic E-state index is 13.1. The van der Waals surface area contributed by atoms with Gasteiger partial charge in [0.15, 0.2) is 0 Å². The number of aromatic nitrogens is 1. The molecule has 1 saturated carbocycles. The van der Waals surface area contributed by atoms with Crippen LogP contribution in [0.3, 0.4) is 0 Å². The van der Waals surface area contributed by atoms with Crippen molar-refractivity contribution in [3.8, 4) is 0 Å². The molecule has 0 saturated heterocycles. The van der Waals surface area contributed by atoms with Crippen LogP contribution in [-0.2, 0) is 10.6 Å². The molecule has 1 fully saturated rings. The van der Waals surface area contributed by atoms with Gasteiger partial charge in [-0.3, -0.25) is 9.72 Å². The molecule has 1 aliphatic carbocycles. The van der Waals surface area contributed by atoms with Gasteiger partial charge in [0.1, 0.15) is 5.82 Å². The van der Waals surface area contributed by atoms with Crippen molar-refractivity contribution in [1.29, 1.82) is 0 Å². The Labute approximate surface area is 126 Å². The molecule has 0 aliphatic heterocycles. The average molecular weight is 328 g/mol. The van der Waals surface area contributed by atoms with Crippen LogP contribution in [0.2, 0.25) is 0 Å². The molecule has 0 amide bonds. The molecule has 0 radical (unpaired) electrons.